The summed E-state index contributed by atoms with van der Waals surface area (Å²) in [6.07, 6.45) is 9.17. The summed E-state index contributed by atoms with van der Waals surface area (Å²) in [6, 6.07) is 8.36. The van der Waals surface area contributed by atoms with Gasteiger partial charge in [0.15, 0.2) is 0 Å². The number of amides is 1. The highest BCUT2D eigenvalue weighted by atomic mass is 16.5. The SMILES string of the molecule is CCCOc1ccc(/C(O)=C2/C(=O)C(=O)N(C3CCCCC3)C2c2ccncc2)cc1C. The number of pyridine rings is 1. The van der Waals surface area contributed by atoms with Crippen LogP contribution in [0.5, 0.6) is 5.75 Å². The lowest BCUT2D eigenvalue weighted by Crippen LogP contribution is -2.40. The maximum atomic E-state index is 13.2. The lowest BCUT2D eigenvalue weighted by Gasteiger charge is -2.35. The first-order valence-corrected chi connectivity index (χ1v) is 11.5. The minimum absolute atomic E-state index is 0.00442. The van der Waals surface area contributed by atoms with Crippen molar-refractivity contribution in [2.75, 3.05) is 6.61 Å². The van der Waals surface area contributed by atoms with E-state index in [1.807, 2.05) is 26.0 Å². The summed E-state index contributed by atoms with van der Waals surface area (Å²) in [5.74, 6) is -0.552. The molecule has 1 unspecified atom stereocenters. The summed E-state index contributed by atoms with van der Waals surface area (Å²) < 4.78 is 5.74. The normalized spacial score (nSPS) is 21.2. The number of ether oxygens (including phenoxy) is 1. The van der Waals surface area contributed by atoms with Gasteiger partial charge in [-0.1, -0.05) is 26.2 Å². The molecule has 1 aromatic carbocycles. The maximum Gasteiger partial charge on any atom is 0.295 e. The number of nitrogens with zero attached hydrogens (tertiary/aromatic N) is 2. The van der Waals surface area contributed by atoms with Crippen molar-refractivity contribution < 1.29 is 19.4 Å². The number of rotatable bonds is 6. The first-order chi connectivity index (χ1) is 15.5. The number of hydrogen-bond donors (Lipinski definition) is 1. The fourth-order valence-electron chi connectivity index (χ4n) is 4.79. The monoisotopic (exact) mass is 434 g/mol. The number of aryl methyl sites for hydroxylation is 1. The van der Waals surface area contributed by atoms with Crippen molar-refractivity contribution in [2.24, 2.45) is 0 Å². The van der Waals surface area contributed by atoms with Gasteiger partial charge in [-0.3, -0.25) is 14.6 Å². The molecule has 1 aromatic heterocycles. The van der Waals surface area contributed by atoms with Gasteiger partial charge in [0.2, 0.25) is 0 Å². The summed E-state index contributed by atoms with van der Waals surface area (Å²) in [4.78, 5) is 32.2. The second-order valence-electron chi connectivity index (χ2n) is 8.61. The molecule has 1 aliphatic heterocycles. The quantitative estimate of drug-likeness (QED) is 0.396. The molecule has 2 heterocycles. The van der Waals surface area contributed by atoms with Crippen LogP contribution in [0.25, 0.3) is 5.76 Å². The third kappa shape index (κ3) is 4.14. The third-order valence-corrected chi connectivity index (χ3v) is 6.38. The van der Waals surface area contributed by atoms with Gasteiger partial charge >= 0.3 is 0 Å². The fourth-order valence-corrected chi connectivity index (χ4v) is 4.79. The van der Waals surface area contributed by atoms with Crippen LogP contribution in [0.3, 0.4) is 0 Å². The number of hydrogen-bond acceptors (Lipinski definition) is 5. The molecule has 2 aliphatic rings. The van der Waals surface area contributed by atoms with Gasteiger partial charge in [-0.05, 0) is 67.6 Å². The van der Waals surface area contributed by atoms with Crippen LogP contribution in [0, 0.1) is 6.92 Å². The first-order valence-electron chi connectivity index (χ1n) is 11.5. The molecule has 1 aliphatic carbocycles. The molecule has 4 rings (SSSR count). The van der Waals surface area contributed by atoms with Crippen LogP contribution in [0.2, 0.25) is 0 Å². The Bertz CT molecular complexity index is 1030. The van der Waals surface area contributed by atoms with Crippen LogP contribution in [-0.4, -0.2) is 39.3 Å². The highest BCUT2D eigenvalue weighted by Gasteiger charge is 2.48. The van der Waals surface area contributed by atoms with Gasteiger partial charge in [0.1, 0.15) is 11.5 Å². The van der Waals surface area contributed by atoms with Crippen molar-refractivity contribution in [1.29, 1.82) is 0 Å². The zero-order valence-electron chi connectivity index (χ0n) is 18.7. The number of aromatic nitrogens is 1. The molecule has 1 N–H and O–H groups in total. The Morgan fingerprint density at radius 1 is 1.12 bits per heavy atom. The average Bonchev–Trinajstić information content (AvgIpc) is 3.09. The van der Waals surface area contributed by atoms with E-state index >= 15 is 0 Å². The van der Waals surface area contributed by atoms with Crippen LogP contribution >= 0.6 is 0 Å². The Morgan fingerprint density at radius 3 is 2.50 bits per heavy atom. The number of carbonyl (C=O) groups excluding carboxylic acids is 2. The molecule has 32 heavy (non-hydrogen) atoms. The standard InChI is InChI=1S/C26H30N2O4/c1-3-15-32-21-10-9-19(16-17(21)2)24(29)22-23(18-11-13-27-14-12-18)28(26(31)25(22)30)20-7-5-4-6-8-20/h9-14,16,20,23,29H,3-8,15H2,1-2H3/b24-22-. The van der Waals surface area contributed by atoms with Crippen molar-refractivity contribution in [3.05, 3.63) is 65.0 Å². The molecular formula is C26H30N2O4. The van der Waals surface area contributed by atoms with Crippen molar-refractivity contribution >= 4 is 17.4 Å². The number of aliphatic hydroxyl groups is 1. The summed E-state index contributed by atoms with van der Waals surface area (Å²) in [7, 11) is 0. The zero-order chi connectivity index (χ0) is 22.7. The van der Waals surface area contributed by atoms with Gasteiger partial charge in [0, 0.05) is 24.0 Å². The predicted octanol–water partition coefficient (Wildman–Crippen LogP) is 4.93. The number of ketones is 1. The van der Waals surface area contributed by atoms with Gasteiger partial charge in [0.05, 0.1) is 18.2 Å². The van der Waals surface area contributed by atoms with E-state index in [2.05, 4.69) is 4.98 Å². The van der Waals surface area contributed by atoms with Crippen molar-refractivity contribution in [3.8, 4) is 5.75 Å². The molecule has 1 amide bonds. The molecule has 168 valence electrons. The van der Waals surface area contributed by atoms with Gasteiger partial charge in [-0.25, -0.2) is 0 Å². The minimum atomic E-state index is -0.626. The predicted molar refractivity (Wildman–Crippen MR) is 122 cm³/mol. The number of Topliss-reactive ketones (excluding diaryl/α,β-unsaturated/α-hetero) is 1. The highest BCUT2D eigenvalue weighted by Crippen LogP contribution is 2.43. The number of aliphatic hydroxyl groups excluding tert-OH is 1. The Morgan fingerprint density at radius 2 is 1.84 bits per heavy atom. The molecule has 2 fully saturated rings. The lowest BCUT2D eigenvalue weighted by atomic mass is 9.91. The molecule has 6 heteroatoms. The van der Waals surface area contributed by atoms with Crippen LogP contribution < -0.4 is 4.74 Å². The molecule has 1 saturated heterocycles. The smallest absolute Gasteiger partial charge is 0.295 e. The Balaban J connectivity index is 1.79. The Hall–Kier alpha value is -3.15. The van der Waals surface area contributed by atoms with E-state index in [0.717, 1.165) is 55.4 Å². The Labute approximate surface area is 188 Å². The summed E-state index contributed by atoms with van der Waals surface area (Å²) in [6.45, 7) is 4.56. The fraction of sp³-hybridized carbons (Fsp3) is 0.423. The Kier molecular flexibility index (Phi) is 6.58. The van der Waals surface area contributed by atoms with Crippen molar-refractivity contribution in [1.82, 2.24) is 9.88 Å². The van der Waals surface area contributed by atoms with Gasteiger partial charge in [0.25, 0.3) is 11.7 Å². The highest BCUT2D eigenvalue weighted by molar-refractivity contribution is 6.46. The van der Waals surface area contributed by atoms with Crippen LogP contribution in [0.4, 0.5) is 0 Å². The van der Waals surface area contributed by atoms with Crippen LogP contribution in [-0.2, 0) is 9.59 Å². The number of carbonyl (C=O) groups is 2. The minimum Gasteiger partial charge on any atom is -0.507 e. The molecule has 6 nitrogen and oxygen atoms in total. The summed E-state index contributed by atoms with van der Waals surface area (Å²) >= 11 is 0. The topological polar surface area (TPSA) is 79.7 Å². The van der Waals surface area contributed by atoms with E-state index in [9.17, 15) is 14.7 Å². The number of likely N-dealkylation sites (tertiary alicyclic amines) is 1. The zero-order valence-corrected chi connectivity index (χ0v) is 18.7. The third-order valence-electron chi connectivity index (χ3n) is 6.38. The van der Waals surface area contributed by atoms with E-state index in [-0.39, 0.29) is 17.4 Å². The van der Waals surface area contributed by atoms with Crippen LogP contribution in [0.1, 0.15) is 68.2 Å². The molecule has 1 atom stereocenters. The van der Waals surface area contributed by atoms with Gasteiger partial charge in [-0.2, -0.15) is 0 Å². The van der Waals surface area contributed by atoms with E-state index in [0.29, 0.717) is 12.2 Å². The maximum absolute atomic E-state index is 13.2. The summed E-state index contributed by atoms with van der Waals surface area (Å²) in [5, 5.41) is 11.3. The molecule has 0 spiro atoms. The lowest BCUT2D eigenvalue weighted by molar-refractivity contribution is -0.141. The van der Waals surface area contributed by atoms with E-state index in [1.165, 1.54) is 0 Å². The molecule has 1 saturated carbocycles. The van der Waals surface area contributed by atoms with Gasteiger partial charge in [-0.15, -0.1) is 0 Å². The average molecular weight is 435 g/mol. The molecule has 0 radical (unpaired) electrons. The second kappa shape index (κ2) is 9.55. The molecular weight excluding hydrogens is 404 g/mol. The summed E-state index contributed by atoms with van der Waals surface area (Å²) in [5.41, 5.74) is 2.30. The van der Waals surface area contributed by atoms with Gasteiger partial charge < -0.3 is 14.7 Å². The van der Waals surface area contributed by atoms with E-state index in [4.69, 9.17) is 4.74 Å². The van der Waals surface area contributed by atoms with E-state index in [1.54, 1.807) is 35.5 Å². The van der Waals surface area contributed by atoms with E-state index < -0.39 is 17.7 Å². The largest absolute Gasteiger partial charge is 0.507 e. The van der Waals surface area contributed by atoms with Crippen molar-refractivity contribution in [3.63, 3.8) is 0 Å². The molecule has 0 bridgehead atoms. The second-order valence-corrected chi connectivity index (χ2v) is 8.61. The van der Waals surface area contributed by atoms with Crippen LogP contribution in [0.15, 0.2) is 48.3 Å². The molecule has 2 aromatic rings. The first kappa shape index (κ1) is 22.1. The van der Waals surface area contributed by atoms with Crippen molar-refractivity contribution in [2.45, 2.75) is 64.5 Å². The number of benzene rings is 1.